The lowest BCUT2D eigenvalue weighted by atomic mass is 10.1. The topological polar surface area (TPSA) is 58.6 Å². The van der Waals surface area contributed by atoms with Crippen LogP contribution in [-0.2, 0) is 16.0 Å². The molecular formula is C22H22N2O3S. The third-order valence-electron chi connectivity index (χ3n) is 4.89. The molecular weight excluding hydrogens is 372 g/mol. The van der Waals surface area contributed by atoms with Gasteiger partial charge in [-0.15, -0.1) is 11.8 Å². The van der Waals surface area contributed by atoms with Gasteiger partial charge in [-0.1, -0.05) is 18.2 Å². The molecule has 0 spiro atoms. The minimum atomic E-state index is -0.462. The molecule has 0 aromatic heterocycles. The summed E-state index contributed by atoms with van der Waals surface area (Å²) in [5, 5.41) is 2.93. The molecule has 1 atom stereocenters. The molecule has 6 heteroatoms. The number of nitrogens with one attached hydrogen (secondary N) is 1. The number of carbonyl (C=O) groups is 2. The highest BCUT2D eigenvalue weighted by molar-refractivity contribution is 7.99. The molecule has 2 aromatic rings. The molecule has 144 valence electrons. The number of nitrogens with zero attached hydrogens (tertiary/aromatic N) is 1. The van der Waals surface area contributed by atoms with Crippen molar-refractivity contribution in [1.29, 1.82) is 0 Å². The van der Waals surface area contributed by atoms with Crippen molar-refractivity contribution in [3.63, 3.8) is 0 Å². The van der Waals surface area contributed by atoms with E-state index in [9.17, 15) is 9.59 Å². The number of hydrogen-bond acceptors (Lipinski definition) is 4. The second kappa shape index (κ2) is 8.10. The van der Waals surface area contributed by atoms with E-state index < -0.39 is 6.04 Å². The molecule has 2 aliphatic heterocycles. The number of carbonyl (C=O) groups excluding carboxylic acids is 2. The smallest absolute Gasteiger partial charge is 0.248 e. The average molecular weight is 394 g/mol. The third kappa shape index (κ3) is 4.07. The maximum absolute atomic E-state index is 12.7. The lowest BCUT2D eigenvalue weighted by Gasteiger charge is -2.21. The van der Waals surface area contributed by atoms with Crippen molar-refractivity contribution in [2.75, 3.05) is 23.6 Å². The Bertz CT molecular complexity index is 941. The number of anilines is 1. The van der Waals surface area contributed by atoms with Gasteiger partial charge in [0.05, 0.1) is 12.5 Å². The van der Waals surface area contributed by atoms with Gasteiger partial charge in [0.15, 0.2) is 0 Å². The first-order valence-electron chi connectivity index (χ1n) is 9.30. The Morgan fingerprint density at radius 3 is 3.00 bits per heavy atom. The number of rotatable bonds is 4. The van der Waals surface area contributed by atoms with Crippen LogP contribution in [0, 0.1) is 6.92 Å². The highest BCUT2D eigenvalue weighted by atomic mass is 32.2. The van der Waals surface area contributed by atoms with Gasteiger partial charge in [0, 0.05) is 23.9 Å². The Kier molecular flexibility index (Phi) is 5.39. The molecule has 1 unspecified atom stereocenters. The Hall–Kier alpha value is -2.73. The molecule has 0 saturated carbocycles. The van der Waals surface area contributed by atoms with E-state index in [1.165, 1.54) is 5.56 Å². The minimum Gasteiger partial charge on any atom is -0.493 e. The number of ether oxygens (including phenoxy) is 1. The van der Waals surface area contributed by atoms with Crippen LogP contribution in [0.25, 0.3) is 6.08 Å². The van der Waals surface area contributed by atoms with Crippen molar-refractivity contribution in [1.82, 2.24) is 4.90 Å². The number of fused-ring (bicyclic) bond motifs is 1. The summed E-state index contributed by atoms with van der Waals surface area (Å²) in [4.78, 5) is 27.0. The summed E-state index contributed by atoms with van der Waals surface area (Å²) in [6.07, 6.45) is 4.25. The first kappa shape index (κ1) is 18.6. The van der Waals surface area contributed by atoms with Crippen LogP contribution in [0.15, 0.2) is 48.5 Å². The highest BCUT2D eigenvalue weighted by Crippen LogP contribution is 2.27. The molecule has 2 aliphatic rings. The van der Waals surface area contributed by atoms with Crippen LogP contribution in [0.5, 0.6) is 5.75 Å². The Morgan fingerprint density at radius 2 is 2.14 bits per heavy atom. The largest absolute Gasteiger partial charge is 0.493 e. The van der Waals surface area contributed by atoms with Crippen LogP contribution in [0.3, 0.4) is 0 Å². The Labute approximate surface area is 168 Å². The monoisotopic (exact) mass is 394 g/mol. The van der Waals surface area contributed by atoms with Crippen molar-refractivity contribution < 1.29 is 14.3 Å². The summed E-state index contributed by atoms with van der Waals surface area (Å²) in [6, 6.07) is 13.1. The van der Waals surface area contributed by atoms with Crippen LogP contribution in [0.4, 0.5) is 5.69 Å². The zero-order chi connectivity index (χ0) is 19.5. The summed E-state index contributed by atoms with van der Waals surface area (Å²) >= 11 is 1.59. The molecule has 0 radical (unpaired) electrons. The van der Waals surface area contributed by atoms with Gasteiger partial charge in [0.25, 0.3) is 0 Å². The molecule has 1 N–H and O–H groups in total. The van der Waals surface area contributed by atoms with E-state index in [2.05, 4.69) is 5.32 Å². The zero-order valence-corrected chi connectivity index (χ0v) is 16.5. The summed E-state index contributed by atoms with van der Waals surface area (Å²) < 4.78 is 5.51. The van der Waals surface area contributed by atoms with Gasteiger partial charge < -0.3 is 15.0 Å². The highest BCUT2D eigenvalue weighted by Gasteiger charge is 2.33. The van der Waals surface area contributed by atoms with Gasteiger partial charge in [-0.3, -0.25) is 9.59 Å². The predicted molar refractivity (Wildman–Crippen MR) is 112 cm³/mol. The second-order valence-corrected chi connectivity index (χ2v) is 7.98. The minimum absolute atomic E-state index is 0.146. The van der Waals surface area contributed by atoms with E-state index >= 15 is 0 Å². The fourth-order valence-corrected chi connectivity index (χ4v) is 4.56. The van der Waals surface area contributed by atoms with Crippen molar-refractivity contribution in [2.45, 2.75) is 19.4 Å². The number of benzene rings is 2. The zero-order valence-electron chi connectivity index (χ0n) is 15.7. The van der Waals surface area contributed by atoms with Crippen LogP contribution in [0.1, 0.15) is 16.7 Å². The quantitative estimate of drug-likeness (QED) is 0.807. The van der Waals surface area contributed by atoms with Crippen molar-refractivity contribution in [3.05, 3.63) is 65.2 Å². The molecule has 4 rings (SSSR count). The molecule has 28 heavy (non-hydrogen) atoms. The molecule has 2 amide bonds. The van der Waals surface area contributed by atoms with Gasteiger partial charge in [0.1, 0.15) is 11.8 Å². The number of hydrogen-bond donors (Lipinski definition) is 1. The molecule has 2 heterocycles. The lowest BCUT2D eigenvalue weighted by Crippen LogP contribution is -2.43. The van der Waals surface area contributed by atoms with E-state index in [0.29, 0.717) is 18.2 Å². The first-order valence-corrected chi connectivity index (χ1v) is 10.5. The molecule has 2 aromatic carbocycles. The Morgan fingerprint density at radius 1 is 1.25 bits per heavy atom. The molecule has 5 nitrogen and oxygen atoms in total. The number of amides is 2. The average Bonchev–Trinajstić information content (AvgIpc) is 3.35. The standard InChI is InChI=1S/C22H22N2O3S/c1-15-3-2-4-18(11-15)23-22(26)19-13-28-14-24(19)21(25)8-6-16-5-7-20-17(12-16)9-10-27-20/h2-8,11-12,19H,9-10,13-14H2,1H3,(H,23,26)/b8-6+. The number of thioether (sulfide) groups is 1. The van der Waals surface area contributed by atoms with Gasteiger partial charge in [-0.05, 0) is 54.0 Å². The van der Waals surface area contributed by atoms with Crippen LogP contribution in [-0.4, -0.2) is 41.0 Å². The van der Waals surface area contributed by atoms with Crippen molar-refractivity contribution >= 4 is 35.3 Å². The van der Waals surface area contributed by atoms with E-state index in [4.69, 9.17) is 4.74 Å². The fourth-order valence-electron chi connectivity index (χ4n) is 3.40. The molecule has 0 aliphatic carbocycles. The maximum Gasteiger partial charge on any atom is 0.248 e. The Balaban J connectivity index is 1.42. The predicted octanol–water partition coefficient (Wildman–Crippen LogP) is 3.48. The van der Waals surface area contributed by atoms with Crippen LogP contribution >= 0.6 is 11.8 Å². The normalized spacial score (nSPS) is 18.2. The van der Waals surface area contributed by atoms with Crippen LogP contribution < -0.4 is 10.1 Å². The van der Waals surface area contributed by atoms with Crippen molar-refractivity contribution in [2.24, 2.45) is 0 Å². The fraction of sp³-hybridized carbons (Fsp3) is 0.273. The summed E-state index contributed by atoms with van der Waals surface area (Å²) in [7, 11) is 0. The van der Waals surface area contributed by atoms with E-state index in [-0.39, 0.29) is 11.8 Å². The summed E-state index contributed by atoms with van der Waals surface area (Å²) in [6.45, 7) is 2.69. The van der Waals surface area contributed by atoms with E-state index in [1.54, 1.807) is 28.8 Å². The molecule has 1 saturated heterocycles. The van der Waals surface area contributed by atoms with Gasteiger partial charge in [-0.25, -0.2) is 0 Å². The maximum atomic E-state index is 12.7. The lowest BCUT2D eigenvalue weighted by molar-refractivity contribution is -0.132. The first-order chi connectivity index (χ1) is 13.6. The third-order valence-corrected chi connectivity index (χ3v) is 5.90. The summed E-state index contributed by atoms with van der Waals surface area (Å²) in [5.41, 5.74) is 3.96. The molecule has 0 bridgehead atoms. The van der Waals surface area contributed by atoms with Crippen molar-refractivity contribution in [3.8, 4) is 5.75 Å². The van der Waals surface area contributed by atoms with Gasteiger partial charge in [-0.2, -0.15) is 0 Å². The van der Waals surface area contributed by atoms with Crippen LogP contribution in [0.2, 0.25) is 0 Å². The second-order valence-electron chi connectivity index (χ2n) is 6.98. The summed E-state index contributed by atoms with van der Waals surface area (Å²) in [5.74, 6) is 1.76. The number of aryl methyl sites for hydroxylation is 1. The molecule has 1 fully saturated rings. The van der Waals surface area contributed by atoms with Gasteiger partial charge in [0.2, 0.25) is 11.8 Å². The van der Waals surface area contributed by atoms with E-state index in [1.807, 2.05) is 49.4 Å². The van der Waals surface area contributed by atoms with Gasteiger partial charge >= 0.3 is 0 Å². The SMILES string of the molecule is Cc1cccc(NC(=O)C2CSCN2C(=O)/C=C/c2ccc3c(c2)CCO3)c1. The van der Waals surface area contributed by atoms with E-state index in [0.717, 1.165) is 29.0 Å².